The van der Waals surface area contributed by atoms with Crippen molar-refractivity contribution in [1.82, 2.24) is 49.8 Å². The number of aryl methyl sites for hydroxylation is 1. The first-order valence-electron chi connectivity index (χ1n) is 25.6. The highest BCUT2D eigenvalue weighted by Gasteiger charge is 2.33. The number of fused-ring (bicyclic) bond motifs is 2. The zero-order valence-corrected chi connectivity index (χ0v) is 40.9. The lowest BCUT2D eigenvalue weighted by atomic mass is 9.96. The van der Waals surface area contributed by atoms with E-state index >= 15 is 0 Å². The van der Waals surface area contributed by atoms with Crippen molar-refractivity contribution in [3.8, 4) is 62.9 Å². The van der Waals surface area contributed by atoms with Crippen LogP contribution in [-0.4, -0.2) is 76.0 Å². The van der Waals surface area contributed by atoms with Crippen molar-refractivity contribution < 1.29 is 4.74 Å². The van der Waals surface area contributed by atoms with Gasteiger partial charge in [0, 0.05) is 77.8 Å². The van der Waals surface area contributed by atoms with Gasteiger partial charge in [-0.25, -0.2) is 29.9 Å². The molecule has 15 nitrogen and oxygen atoms in total. The van der Waals surface area contributed by atoms with Gasteiger partial charge in [0.05, 0.1) is 45.4 Å². The van der Waals surface area contributed by atoms with Crippen LogP contribution in [0.15, 0.2) is 122 Å². The van der Waals surface area contributed by atoms with Crippen LogP contribution in [0.2, 0.25) is 0 Å². The summed E-state index contributed by atoms with van der Waals surface area (Å²) in [7, 11) is 0. The van der Waals surface area contributed by atoms with E-state index in [0.29, 0.717) is 35.5 Å². The van der Waals surface area contributed by atoms with Crippen LogP contribution < -0.4 is 14.5 Å². The minimum absolute atomic E-state index is 0.316. The molecular formula is C59H52N14O. The van der Waals surface area contributed by atoms with E-state index in [1.54, 1.807) is 12.7 Å². The molecule has 0 bridgehead atoms. The number of nitrogens with one attached hydrogen (secondary N) is 4. The van der Waals surface area contributed by atoms with E-state index in [0.717, 1.165) is 159 Å². The first-order valence-corrected chi connectivity index (χ1v) is 25.6. The number of anilines is 2. The van der Waals surface area contributed by atoms with Crippen LogP contribution in [0.1, 0.15) is 96.0 Å². The molecule has 0 amide bonds. The third-order valence-corrected chi connectivity index (χ3v) is 15.2. The van der Waals surface area contributed by atoms with Crippen molar-refractivity contribution in [3.63, 3.8) is 0 Å². The largest absolute Gasteiger partial charge is 0.489 e. The van der Waals surface area contributed by atoms with Gasteiger partial charge in [0.15, 0.2) is 0 Å². The molecule has 13 rings (SSSR count). The maximum absolute atomic E-state index is 9.24. The summed E-state index contributed by atoms with van der Waals surface area (Å²) in [6.45, 7) is 6.04. The summed E-state index contributed by atoms with van der Waals surface area (Å²) in [4.78, 5) is 48.1. The molecule has 1 saturated carbocycles. The van der Waals surface area contributed by atoms with Crippen LogP contribution in [0.3, 0.4) is 0 Å². The maximum Gasteiger partial charge on any atom is 0.143 e. The fraction of sp³-hybridized carbons (Fsp3) is 0.254. The van der Waals surface area contributed by atoms with Crippen molar-refractivity contribution in [1.29, 1.82) is 10.5 Å². The van der Waals surface area contributed by atoms with E-state index in [2.05, 4.69) is 107 Å². The van der Waals surface area contributed by atoms with Gasteiger partial charge in [-0.15, -0.1) is 0 Å². The predicted molar refractivity (Wildman–Crippen MR) is 286 cm³/mol. The summed E-state index contributed by atoms with van der Waals surface area (Å²) < 4.78 is 6.31. The number of H-pyrrole nitrogens is 4. The fourth-order valence-corrected chi connectivity index (χ4v) is 10.9. The van der Waals surface area contributed by atoms with Crippen LogP contribution in [0.4, 0.5) is 11.6 Å². The minimum Gasteiger partial charge on any atom is -0.489 e. The monoisotopic (exact) mass is 972 g/mol. The first-order chi connectivity index (χ1) is 36.4. The Morgan fingerprint density at radius 1 is 0.527 bits per heavy atom. The Balaban J connectivity index is 0.619. The number of rotatable bonds is 12. The second-order valence-corrected chi connectivity index (χ2v) is 20.0. The maximum atomic E-state index is 9.24. The molecular weight excluding hydrogens is 921 g/mol. The van der Waals surface area contributed by atoms with Crippen molar-refractivity contribution in [2.45, 2.75) is 69.8 Å². The standard InChI is InChI=1S/C59H52N14O/c1-35-51(69-54(66-35)44-20-24-72(25-21-44)58-47-28-49(67-56(47)62-33-64-58)39-8-2-36(30-60)3-9-39)41-16-18-46(19-17-41)74-32-38-6-12-42(13-7-38)52-53(43-14-15-43)71-55(70-52)45-22-26-73(27-23-45)59-48-29-50(68-57(48)63-34-65-59)40-10-4-37(31-61)5-11-40/h2-13,16-19,28-29,33-34,43-45H,14-15,20-27,32H2,1H3,(H,66,69)(H,70,71)(H,62,64,67)(H,63,65,68). The van der Waals surface area contributed by atoms with Crippen molar-refractivity contribution >= 4 is 33.7 Å². The highest BCUT2D eigenvalue weighted by atomic mass is 16.5. The minimum atomic E-state index is 0.316. The molecule has 6 aromatic heterocycles. The summed E-state index contributed by atoms with van der Waals surface area (Å²) in [5.41, 5.74) is 14.5. The summed E-state index contributed by atoms with van der Waals surface area (Å²) in [5, 5.41) is 20.5. The molecule has 0 unspecified atom stereocenters. The molecule has 4 N–H and O–H groups in total. The Bertz CT molecular complexity index is 3740. The van der Waals surface area contributed by atoms with Crippen LogP contribution in [0.25, 0.3) is 67.1 Å². The van der Waals surface area contributed by atoms with Gasteiger partial charge >= 0.3 is 0 Å². The Kier molecular flexibility index (Phi) is 11.4. The molecule has 3 fully saturated rings. The number of hydrogen-bond acceptors (Lipinski definition) is 11. The van der Waals surface area contributed by atoms with Crippen molar-refractivity contribution in [2.24, 2.45) is 0 Å². The smallest absolute Gasteiger partial charge is 0.143 e. The molecule has 4 aromatic carbocycles. The second-order valence-electron chi connectivity index (χ2n) is 20.0. The van der Waals surface area contributed by atoms with E-state index in [9.17, 15) is 10.5 Å². The number of aromatic nitrogens is 10. The number of nitriles is 2. The molecule has 2 aliphatic heterocycles. The van der Waals surface area contributed by atoms with Gasteiger partial charge in [0.1, 0.15) is 59.6 Å². The van der Waals surface area contributed by atoms with Gasteiger partial charge in [0.2, 0.25) is 0 Å². The topological polar surface area (TPSA) is 204 Å². The molecule has 3 aliphatic rings. The summed E-state index contributed by atoms with van der Waals surface area (Å²) in [6, 6.07) is 40.8. The molecule has 1 aliphatic carbocycles. The number of imidazole rings is 2. The van der Waals surface area contributed by atoms with E-state index < -0.39 is 0 Å². The quantitative estimate of drug-likeness (QED) is 0.0906. The van der Waals surface area contributed by atoms with Gasteiger partial charge in [-0.3, -0.25) is 0 Å². The van der Waals surface area contributed by atoms with E-state index in [-0.39, 0.29) is 0 Å². The number of nitrogens with zero attached hydrogens (tertiary/aromatic N) is 10. The van der Waals surface area contributed by atoms with Gasteiger partial charge in [-0.1, -0.05) is 48.5 Å². The number of aromatic amines is 4. The summed E-state index contributed by atoms with van der Waals surface area (Å²) in [5.74, 6) is 6.01. The third-order valence-electron chi connectivity index (χ3n) is 15.2. The average Bonchev–Trinajstić information content (AvgIpc) is 3.75. The molecule has 0 spiro atoms. The van der Waals surface area contributed by atoms with Crippen LogP contribution in [0.5, 0.6) is 5.75 Å². The van der Waals surface area contributed by atoms with E-state index in [1.807, 2.05) is 60.7 Å². The first kappa shape index (κ1) is 44.8. The van der Waals surface area contributed by atoms with Crippen molar-refractivity contribution in [3.05, 3.63) is 162 Å². The molecule has 74 heavy (non-hydrogen) atoms. The summed E-state index contributed by atoms with van der Waals surface area (Å²) >= 11 is 0. The molecule has 15 heteroatoms. The van der Waals surface area contributed by atoms with Gasteiger partial charge in [-0.2, -0.15) is 10.5 Å². The van der Waals surface area contributed by atoms with E-state index in [4.69, 9.17) is 24.7 Å². The number of benzene rings is 4. The van der Waals surface area contributed by atoms with Gasteiger partial charge < -0.3 is 34.5 Å². The Labute approximate surface area is 427 Å². The lowest BCUT2D eigenvalue weighted by molar-refractivity contribution is 0.306. The van der Waals surface area contributed by atoms with Gasteiger partial charge in [-0.05, 0) is 123 Å². The Hall–Kier alpha value is -9.08. The predicted octanol–water partition coefficient (Wildman–Crippen LogP) is 11.6. The Morgan fingerprint density at radius 3 is 1.51 bits per heavy atom. The molecule has 0 atom stereocenters. The highest BCUT2D eigenvalue weighted by molar-refractivity contribution is 5.93. The highest BCUT2D eigenvalue weighted by Crippen LogP contribution is 2.45. The average molecular weight is 973 g/mol. The molecule has 364 valence electrons. The lowest BCUT2D eigenvalue weighted by Gasteiger charge is -2.32. The zero-order valence-electron chi connectivity index (χ0n) is 40.9. The number of ether oxygens (including phenoxy) is 1. The summed E-state index contributed by atoms with van der Waals surface area (Å²) in [6.07, 6.45) is 9.53. The SMILES string of the molecule is Cc1[nH]c(C2CCN(c3ncnc4[nH]c(-c5ccc(C#N)cc5)cc34)CC2)nc1-c1ccc(OCc2ccc(-c3nc(C4CCN(c5ncnc6[nH]c(-c7ccc(C#N)cc7)cc56)CC4)[nH]c3C3CC3)cc2)cc1. The molecule has 2 saturated heterocycles. The number of piperidine rings is 2. The fourth-order valence-electron chi connectivity index (χ4n) is 10.9. The Morgan fingerprint density at radius 2 is 1.00 bits per heavy atom. The van der Waals surface area contributed by atoms with E-state index in [1.165, 1.54) is 18.5 Å². The third kappa shape index (κ3) is 8.66. The van der Waals surface area contributed by atoms with Crippen LogP contribution in [-0.2, 0) is 6.61 Å². The molecule has 10 aromatic rings. The van der Waals surface area contributed by atoms with Crippen molar-refractivity contribution in [2.75, 3.05) is 36.0 Å². The van der Waals surface area contributed by atoms with Gasteiger partial charge in [0.25, 0.3) is 0 Å². The normalized spacial score (nSPS) is 15.4. The lowest BCUT2D eigenvalue weighted by Crippen LogP contribution is -2.34. The van der Waals surface area contributed by atoms with Crippen LogP contribution in [0, 0.1) is 29.6 Å². The second kappa shape index (κ2) is 18.8. The molecule has 8 heterocycles. The van der Waals surface area contributed by atoms with Crippen LogP contribution >= 0.6 is 0 Å². The molecule has 0 radical (unpaired) electrons. The zero-order chi connectivity index (χ0) is 49.7. The number of hydrogen-bond donors (Lipinski definition) is 4.